The van der Waals surface area contributed by atoms with E-state index in [0.717, 1.165) is 10.8 Å². The van der Waals surface area contributed by atoms with Crippen LogP contribution in [0.2, 0.25) is 9.36 Å². The Bertz CT molecular complexity index is 666. The first kappa shape index (κ1) is 16.3. The molecule has 21 heavy (non-hydrogen) atoms. The monoisotopic (exact) mass is 345 g/mol. The van der Waals surface area contributed by atoms with Gasteiger partial charge in [0.05, 0.1) is 16.2 Å². The van der Waals surface area contributed by atoms with Crippen molar-refractivity contribution in [1.82, 2.24) is 9.78 Å². The highest BCUT2D eigenvalue weighted by Gasteiger charge is 2.10. The van der Waals surface area contributed by atoms with Crippen molar-refractivity contribution in [2.24, 2.45) is 5.92 Å². The van der Waals surface area contributed by atoms with Gasteiger partial charge in [-0.05, 0) is 24.5 Å². The Hall–Kier alpha value is -1.04. The molecule has 0 spiro atoms. The lowest BCUT2D eigenvalue weighted by atomic mass is 10.2. The summed E-state index contributed by atoms with van der Waals surface area (Å²) >= 11 is 13.5. The minimum atomic E-state index is -0.255. The van der Waals surface area contributed by atoms with Crippen molar-refractivity contribution in [3.05, 3.63) is 42.9 Å². The molecule has 0 bridgehead atoms. The lowest BCUT2D eigenvalue weighted by molar-refractivity contribution is 0.464. The van der Waals surface area contributed by atoms with Gasteiger partial charge in [-0.1, -0.05) is 37.0 Å². The molecule has 0 aliphatic rings. The molecule has 0 unspecified atom stereocenters. The van der Waals surface area contributed by atoms with E-state index in [2.05, 4.69) is 10.4 Å². The fourth-order valence-corrected chi connectivity index (χ4v) is 3.17. The molecule has 114 valence electrons. The zero-order valence-corrected chi connectivity index (χ0v) is 14.2. The van der Waals surface area contributed by atoms with Gasteiger partial charge < -0.3 is 5.32 Å². The second-order valence-corrected chi connectivity index (χ2v) is 7.31. The Morgan fingerprint density at radius 2 is 2.14 bits per heavy atom. The highest BCUT2D eigenvalue weighted by Crippen LogP contribution is 2.22. The third-order valence-corrected chi connectivity index (χ3v) is 4.49. The standard InChI is InChI=1S/C14H17Cl2N3OS/c1-9(2)8-19-14(20)13(16)11(7-18-19)17-6-5-10-3-4-12(15)21-10/h3-4,7,9,17H,5-6,8H2,1-2H3. The molecule has 0 aliphatic heterocycles. The summed E-state index contributed by atoms with van der Waals surface area (Å²) in [5, 5.41) is 7.49. The fourth-order valence-electron chi connectivity index (χ4n) is 1.87. The number of halogens is 2. The van der Waals surface area contributed by atoms with E-state index in [1.165, 1.54) is 9.56 Å². The minimum absolute atomic E-state index is 0.190. The van der Waals surface area contributed by atoms with Gasteiger partial charge in [0.2, 0.25) is 0 Å². The highest BCUT2D eigenvalue weighted by atomic mass is 35.5. The van der Waals surface area contributed by atoms with Gasteiger partial charge in [-0.15, -0.1) is 11.3 Å². The van der Waals surface area contributed by atoms with Crippen molar-refractivity contribution in [3.8, 4) is 0 Å². The molecule has 0 amide bonds. The van der Waals surface area contributed by atoms with E-state index in [1.807, 2.05) is 26.0 Å². The summed E-state index contributed by atoms with van der Waals surface area (Å²) in [6, 6.07) is 3.87. The maximum absolute atomic E-state index is 12.1. The Balaban J connectivity index is 2.00. The zero-order chi connectivity index (χ0) is 15.4. The quantitative estimate of drug-likeness (QED) is 0.862. The molecule has 2 heterocycles. The average Bonchev–Trinajstić information content (AvgIpc) is 2.83. The Morgan fingerprint density at radius 1 is 1.38 bits per heavy atom. The summed E-state index contributed by atoms with van der Waals surface area (Å²) in [6.07, 6.45) is 2.43. The van der Waals surface area contributed by atoms with Crippen LogP contribution in [0.4, 0.5) is 5.69 Å². The summed E-state index contributed by atoms with van der Waals surface area (Å²) in [4.78, 5) is 13.3. The topological polar surface area (TPSA) is 46.9 Å². The molecule has 0 aromatic carbocycles. The van der Waals surface area contributed by atoms with Gasteiger partial charge in [-0.2, -0.15) is 5.10 Å². The SMILES string of the molecule is CC(C)Cn1ncc(NCCc2ccc(Cl)s2)c(Cl)c1=O. The van der Waals surface area contributed by atoms with Crippen LogP contribution in [-0.2, 0) is 13.0 Å². The zero-order valence-electron chi connectivity index (χ0n) is 11.9. The number of nitrogens with one attached hydrogen (secondary N) is 1. The molecule has 2 rings (SSSR count). The smallest absolute Gasteiger partial charge is 0.287 e. The van der Waals surface area contributed by atoms with Gasteiger partial charge in [-0.25, -0.2) is 4.68 Å². The van der Waals surface area contributed by atoms with Gasteiger partial charge in [0.1, 0.15) is 5.02 Å². The van der Waals surface area contributed by atoms with E-state index in [0.29, 0.717) is 24.7 Å². The molecule has 1 N–H and O–H groups in total. The van der Waals surface area contributed by atoms with Crippen molar-refractivity contribution in [2.45, 2.75) is 26.8 Å². The van der Waals surface area contributed by atoms with Crippen LogP contribution in [0.25, 0.3) is 0 Å². The van der Waals surface area contributed by atoms with Crippen LogP contribution < -0.4 is 10.9 Å². The van der Waals surface area contributed by atoms with Crippen LogP contribution in [0, 0.1) is 5.92 Å². The van der Waals surface area contributed by atoms with Gasteiger partial charge in [0, 0.05) is 18.0 Å². The normalized spacial score (nSPS) is 11.1. The molecule has 2 aromatic rings. The van der Waals surface area contributed by atoms with Crippen molar-refractivity contribution in [1.29, 1.82) is 0 Å². The van der Waals surface area contributed by atoms with Crippen molar-refractivity contribution in [2.75, 3.05) is 11.9 Å². The first-order valence-corrected chi connectivity index (χ1v) is 8.28. The lowest BCUT2D eigenvalue weighted by Crippen LogP contribution is -2.26. The molecular formula is C14H17Cl2N3OS. The van der Waals surface area contributed by atoms with E-state index >= 15 is 0 Å². The van der Waals surface area contributed by atoms with Gasteiger partial charge in [-0.3, -0.25) is 4.79 Å². The Labute approximate surface area is 137 Å². The second-order valence-electron chi connectivity index (χ2n) is 5.14. The van der Waals surface area contributed by atoms with E-state index in [4.69, 9.17) is 23.2 Å². The molecule has 0 aliphatic carbocycles. The van der Waals surface area contributed by atoms with Crippen LogP contribution in [0.15, 0.2) is 23.1 Å². The molecule has 2 aromatic heterocycles. The molecule has 7 heteroatoms. The summed E-state index contributed by atoms with van der Waals surface area (Å²) < 4.78 is 2.18. The summed E-state index contributed by atoms with van der Waals surface area (Å²) in [6.45, 7) is 5.29. The van der Waals surface area contributed by atoms with Crippen molar-refractivity contribution in [3.63, 3.8) is 0 Å². The average molecular weight is 346 g/mol. The molecule has 4 nitrogen and oxygen atoms in total. The number of hydrogen-bond acceptors (Lipinski definition) is 4. The van der Waals surface area contributed by atoms with Crippen LogP contribution in [0.5, 0.6) is 0 Å². The maximum atomic E-state index is 12.1. The molecule has 0 atom stereocenters. The van der Waals surface area contributed by atoms with Gasteiger partial charge in [0.25, 0.3) is 5.56 Å². The number of anilines is 1. The Kier molecular flexibility index (Phi) is 5.67. The number of hydrogen-bond donors (Lipinski definition) is 1. The number of thiophene rings is 1. The maximum Gasteiger partial charge on any atom is 0.287 e. The third-order valence-electron chi connectivity index (χ3n) is 2.84. The van der Waals surface area contributed by atoms with E-state index in [9.17, 15) is 4.79 Å². The van der Waals surface area contributed by atoms with Crippen LogP contribution in [-0.4, -0.2) is 16.3 Å². The van der Waals surface area contributed by atoms with Crippen LogP contribution in [0.3, 0.4) is 0 Å². The van der Waals surface area contributed by atoms with E-state index in [1.54, 1.807) is 17.5 Å². The molecule has 0 radical (unpaired) electrons. The summed E-state index contributed by atoms with van der Waals surface area (Å²) in [7, 11) is 0. The first-order chi connectivity index (χ1) is 9.97. The van der Waals surface area contributed by atoms with Gasteiger partial charge >= 0.3 is 0 Å². The number of aromatic nitrogens is 2. The molecule has 0 saturated heterocycles. The van der Waals surface area contributed by atoms with Gasteiger partial charge in [0.15, 0.2) is 0 Å². The number of rotatable bonds is 6. The predicted molar refractivity (Wildman–Crippen MR) is 89.9 cm³/mol. The van der Waals surface area contributed by atoms with Crippen LogP contribution >= 0.6 is 34.5 Å². The van der Waals surface area contributed by atoms with Crippen molar-refractivity contribution < 1.29 is 0 Å². The lowest BCUT2D eigenvalue weighted by Gasteiger charge is -2.11. The third kappa shape index (κ3) is 4.46. The van der Waals surface area contributed by atoms with E-state index < -0.39 is 0 Å². The summed E-state index contributed by atoms with van der Waals surface area (Å²) in [5.41, 5.74) is 0.318. The van der Waals surface area contributed by atoms with E-state index in [-0.39, 0.29) is 10.6 Å². The fraction of sp³-hybridized carbons (Fsp3) is 0.429. The highest BCUT2D eigenvalue weighted by molar-refractivity contribution is 7.16. The predicted octanol–water partition coefficient (Wildman–Crippen LogP) is 3.92. The minimum Gasteiger partial charge on any atom is -0.382 e. The number of nitrogens with zero attached hydrogens (tertiary/aromatic N) is 2. The molecular weight excluding hydrogens is 329 g/mol. The largest absolute Gasteiger partial charge is 0.382 e. The molecule has 0 fully saturated rings. The van der Waals surface area contributed by atoms with Crippen molar-refractivity contribution >= 4 is 40.2 Å². The Morgan fingerprint density at radius 3 is 2.76 bits per heavy atom. The molecule has 0 saturated carbocycles. The second kappa shape index (κ2) is 7.29. The summed E-state index contributed by atoms with van der Waals surface area (Å²) in [5.74, 6) is 0.341. The van der Waals surface area contributed by atoms with Crippen LogP contribution in [0.1, 0.15) is 18.7 Å². The first-order valence-electron chi connectivity index (χ1n) is 6.71.